The minimum Gasteiger partial charge on any atom is -0.459 e. The molecule has 0 unspecified atom stereocenters. The molecular formula is C16H13F2NO2. The molecule has 0 radical (unpaired) electrons. The van der Waals surface area contributed by atoms with Gasteiger partial charge < -0.3 is 4.74 Å². The van der Waals surface area contributed by atoms with Gasteiger partial charge in [-0.3, -0.25) is 9.78 Å². The molecule has 0 aliphatic heterocycles. The Labute approximate surface area is 120 Å². The van der Waals surface area contributed by atoms with Crippen molar-refractivity contribution in [3.63, 3.8) is 0 Å². The van der Waals surface area contributed by atoms with Gasteiger partial charge in [-0.1, -0.05) is 6.07 Å². The highest BCUT2D eigenvalue weighted by molar-refractivity contribution is 5.77. The molecule has 0 N–H and O–H groups in total. The molecule has 5 heteroatoms. The van der Waals surface area contributed by atoms with Crippen LogP contribution in [0.15, 0.2) is 42.6 Å². The minimum absolute atomic E-state index is 0.0918. The number of ether oxygens (including phenoxy) is 1. The number of halogens is 2. The first-order chi connectivity index (χ1) is 10.1. The lowest BCUT2D eigenvalue weighted by atomic mass is 10.1. The van der Waals surface area contributed by atoms with E-state index in [4.69, 9.17) is 4.74 Å². The number of esters is 1. The molecule has 0 saturated heterocycles. The normalized spacial score (nSPS) is 20.1. The van der Waals surface area contributed by atoms with E-state index in [2.05, 4.69) is 4.98 Å². The van der Waals surface area contributed by atoms with E-state index in [0.29, 0.717) is 12.1 Å². The molecule has 0 bridgehead atoms. The lowest BCUT2D eigenvalue weighted by molar-refractivity contribution is -0.146. The quantitative estimate of drug-likeness (QED) is 0.811. The van der Waals surface area contributed by atoms with Gasteiger partial charge >= 0.3 is 5.97 Å². The van der Waals surface area contributed by atoms with E-state index < -0.39 is 23.5 Å². The summed E-state index contributed by atoms with van der Waals surface area (Å²) in [5, 5.41) is 0. The van der Waals surface area contributed by atoms with Gasteiger partial charge in [0.2, 0.25) is 0 Å². The summed E-state index contributed by atoms with van der Waals surface area (Å²) in [7, 11) is 0. The highest BCUT2D eigenvalue weighted by atomic mass is 19.1. The molecule has 1 aromatic carbocycles. The summed E-state index contributed by atoms with van der Waals surface area (Å²) in [6.45, 7) is 0.0918. The van der Waals surface area contributed by atoms with Crippen molar-refractivity contribution in [1.82, 2.24) is 4.98 Å². The van der Waals surface area contributed by atoms with Crippen LogP contribution in [-0.2, 0) is 16.1 Å². The summed E-state index contributed by atoms with van der Waals surface area (Å²) < 4.78 is 31.9. The van der Waals surface area contributed by atoms with Crippen LogP contribution in [0, 0.1) is 17.6 Å². The third-order valence-corrected chi connectivity index (χ3v) is 3.54. The van der Waals surface area contributed by atoms with Crippen molar-refractivity contribution < 1.29 is 18.3 Å². The summed E-state index contributed by atoms with van der Waals surface area (Å²) in [5.74, 6) is -2.07. The van der Waals surface area contributed by atoms with Crippen LogP contribution in [-0.4, -0.2) is 11.0 Å². The summed E-state index contributed by atoms with van der Waals surface area (Å²) >= 11 is 0. The van der Waals surface area contributed by atoms with Crippen LogP contribution in [0.3, 0.4) is 0 Å². The fourth-order valence-electron chi connectivity index (χ4n) is 2.33. The second-order valence-corrected chi connectivity index (χ2v) is 5.04. The molecule has 1 saturated carbocycles. The Morgan fingerprint density at radius 2 is 2.14 bits per heavy atom. The molecule has 2 aromatic rings. The third kappa shape index (κ3) is 3.07. The van der Waals surface area contributed by atoms with Crippen molar-refractivity contribution in [2.24, 2.45) is 5.92 Å². The summed E-state index contributed by atoms with van der Waals surface area (Å²) in [6.07, 6.45) is 2.10. The third-order valence-electron chi connectivity index (χ3n) is 3.54. The average molecular weight is 289 g/mol. The zero-order chi connectivity index (χ0) is 14.8. The van der Waals surface area contributed by atoms with Gasteiger partial charge in [0.15, 0.2) is 0 Å². The number of pyridine rings is 1. The molecule has 1 heterocycles. The lowest BCUT2D eigenvalue weighted by Gasteiger charge is -2.05. The van der Waals surface area contributed by atoms with Crippen molar-refractivity contribution >= 4 is 5.97 Å². The number of carbonyl (C=O) groups excluding carboxylic acids is 1. The molecular weight excluding hydrogens is 276 g/mol. The van der Waals surface area contributed by atoms with Crippen LogP contribution >= 0.6 is 0 Å². The van der Waals surface area contributed by atoms with Gasteiger partial charge in [0, 0.05) is 12.1 Å². The Hall–Kier alpha value is -2.30. The van der Waals surface area contributed by atoms with Gasteiger partial charge in [0.05, 0.1) is 11.6 Å². The summed E-state index contributed by atoms with van der Waals surface area (Å²) in [5.41, 5.74) is 0.898. The Morgan fingerprint density at radius 3 is 2.90 bits per heavy atom. The van der Waals surface area contributed by atoms with Crippen molar-refractivity contribution in [3.8, 4) is 0 Å². The van der Waals surface area contributed by atoms with E-state index in [9.17, 15) is 13.6 Å². The molecule has 21 heavy (non-hydrogen) atoms. The molecule has 3 rings (SSSR count). The summed E-state index contributed by atoms with van der Waals surface area (Å²) in [4.78, 5) is 15.9. The van der Waals surface area contributed by atoms with Crippen molar-refractivity contribution in [2.75, 3.05) is 0 Å². The number of hydrogen-bond donors (Lipinski definition) is 0. The van der Waals surface area contributed by atoms with E-state index in [1.165, 1.54) is 0 Å². The molecule has 3 nitrogen and oxygen atoms in total. The fraction of sp³-hybridized carbons (Fsp3) is 0.250. The second-order valence-electron chi connectivity index (χ2n) is 5.04. The van der Waals surface area contributed by atoms with Crippen molar-refractivity contribution in [1.29, 1.82) is 0 Å². The maximum atomic E-state index is 13.6. The maximum absolute atomic E-state index is 13.6. The monoisotopic (exact) mass is 289 g/mol. The molecule has 1 aliphatic carbocycles. The molecule has 1 aromatic heterocycles. The first-order valence-electron chi connectivity index (χ1n) is 6.66. The average Bonchev–Trinajstić information content (AvgIpc) is 3.29. The number of hydrogen-bond acceptors (Lipinski definition) is 3. The number of nitrogens with zero attached hydrogens (tertiary/aromatic N) is 1. The van der Waals surface area contributed by atoms with E-state index in [1.54, 1.807) is 24.4 Å². The fourth-order valence-corrected chi connectivity index (χ4v) is 2.33. The van der Waals surface area contributed by atoms with Gasteiger partial charge in [-0.2, -0.15) is 0 Å². The predicted octanol–water partition coefficient (Wildman–Crippen LogP) is 3.21. The molecule has 0 spiro atoms. The zero-order valence-corrected chi connectivity index (χ0v) is 11.1. The maximum Gasteiger partial charge on any atom is 0.309 e. The Balaban J connectivity index is 1.60. The van der Waals surface area contributed by atoms with Gasteiger partial charge in [-0.15, -0.1) is 0 Å². The topological polar surface area (TPSA) is 39.2 Å². The molecule has 2 atom stereocenters. The lowest BCUT2D eigenvalue weighted by Crippen LogP contribution is -2.09. The molecule has 1 fully saturated rings. The Bertz CT molecular complexity index is 661. The molecule has 0 amide bonds. The van der Waals surface area contributed by atoms with E-state index in [1.807, 2.05) is 0 Å². The van der Waals surface area contributed by atoms with E-state index in [0.717, 1.165) is 18.2 Å². The number of aromatic nitrogens is 1. The van der Waals surface area contributed by atoms with E-state index in [-0.39, 0.29) is 18.1 Å². The van der Waals surface area contributed by atoms with Crippen LogP contribution in [0.1, 0.15) is 23.6 Å². The number of carbonyl (C=O) groups is 1. The number of rotatable bonds is 4. The van der Waals surface area contributed by atoms with Crippen molar-refractivity contribution in [2.45, 2.75) is 18.9 Å². The second kappa shape index (κ2) is 5.60. The standard InChI is InChI=1S/C16H13F2NO2/c17-10-4-5-15(18)13(7-10)12-8-14(12)16(20)21-9-11-3-1-2-6-19-11/h1-7,12,14H,8-9H2/t12-,14-/m0/s1. The smallest absolute Gasteiger partial charge is 0.309 e. The Morgan fingerprint density at radius 1 is 1.29 bits per heavy atom. The zero-order valence-electron chi connectivity index (χ0n) is 11.1. The largest absolute Gasteiger partial charge is 0.459 e. The van der Waals surface area contributed by atoms with Crippen LogP contribution in [0.5, 0.6) is 0 Å². The predicted molar refractivity (Wildman–Crippen MR) is 71.2 cm³/mol. The van der Waals surface area contributed by atoms with Crippen LogP contribution < -0.4 is 0 Å². The van der Waals surface area contributed by atoms with E-state index >= 15 is 0 Å². The van der Waals surface area contributed by atoms with Crippen LogP contribution in [0.2, 0.25) is 0 Å². The summed E-state index contributed by atoms with van der Waals surface area (Å²) in [6, 6.07) is 8.62. The van der Waals surface area contributed by atoms with Gasteiger partial charge in [0.25, 0.3) is 0 Å². The number of benzene rings is 1. The van der Waals surface area contributed by atoms with Crippen molar-refractivity contribution in [3.05, 3.63) is 65.5 Å². The first kappa shape index (κ1) is 13.7. The minimum atomic E-state index is -0.501. The molecule has 108 valence electrons. The molecule has 1 aliphatic rings. The van der Waals surface area contributed by atoms with Crippen LogP contribution in [0.4, 0.5) is 8.78 Å². The van der Waals surface area contributed by atoms with Crippen LogP contribution in [0.25, 0.3) is 0 Å². The van der Waals surface area contributed by atoms with Gasteiger partial charge in [0.1, 0.15) is 18.2 Å². The van der Waals surface area contributed by atoms with Gasteiger partial charge in [-0.05, 0) is 42.3 Å². The highest BCUT2D eigenvalue weighted by Crippen LogP contribution is 2.49. The SMILES string of the molecule is O=C(OCc1ccccn1)[C@H]1C[C@H]1c1cc(F)ccc1F. The first-order valence-corrected chi connectivity index (χ1v) is 6.66. The highest BCUT2D eigenvalue weighted by Gasteiger charge is 2.46. The van der Waals surface area contributed by atoms with Gasteiger partial charge in [-0.25, -0.2) is 8.78 Å². The Kier molecular flexibility index (Phi) is 3.64.